The van der Waals surface area contributed by atoms with Crippen LogP contribution in [0.2, 0.25) is 0 Å². The van der Waals surface area contributed by atoms with Crippen LogP contribution in [0.3, 0.4) is 0 Å². The molecule has 0 atom stereocenters. The molecular formula is C15H23N7S. The Kier molecular flexibility index (Phi) is 5.02. The molecule has 0 saturated carbocycles. The van der Waals surface area contributed by atoms with E-state index in [0.717, 1.165) is 49.2 Å². The summed E-state index contributed by atoms with van der Waals surface area (Å²) >= 11 is 1.46. The largest absolute Gasteiger partial charge is 0.356 e. The molecule has 1 saturated heterocycles. The third-order valence-electron chi connectivity index (χ3n) is 4.24. The van der Waals surface area contributed by atoms with E-state index < -0.39 is 0 Å². The lowest BCUT2D eigenvalue weighted by atomic mass is 10.0. The molecule has 0 radical (unpaired) electrons. The molecule has 3 heterocycles. The summed E-state index contributed by atoms with van der Waals surface area (Å²) in [4.78, 5) is 19.6. The zero-order valence-electron chi connectivity index (χ0n) is 13.9. The van der Waals surface area contributed by atoms with E-state index in [2.05, 4.69) is 36.2 Å². The highest BCUT2D eigenvalue weighted by Gasteiger charge is 2.24. The Morgan fingerprint density at radius 2 is 2.04 bits per heavy atom. The molecule has 2 aromatic heterocycles. The normalized spacial score (nSPS) is 16.5. The van der Waals surface area contributed by atoms with Gasteiger partial charge in [-0.2, -0.15) is 4.37 Å². The van der Waals surface area contributed by atoms with Gasteiger partial charge in [-0.15, -0.1) is 0 Å². The van der Waals surface area contributed by atoms with Crippen LogP contribution in [0.5, 0.6) is 0 Å². The van der Waals surface area contributed by atoms with E-state index in [1.54, 1.807) is 12.5 Å². The highest BCUT2D eigenvalue weighted by molar-refractivity contribution is 7.09. The van der Waals surface area contributed by atoms with Crippen LogP contribution < -0.4 is 9.80 Å². The fourth-order valence-electron chi connectivity index (χ4n) is 2.83. The van der Waals surface area contributed by atoms with Gasteiger partial charge in [0, 0.05) is 58.0 Å². The first-order chi connectivity index (χ1) is 11.1. The van der Waals surface area contributed by atoms with Gasteiger partial charge in [0.25, 0.3) is 0 Å². The molecule has 1 aliphatic heterocycles. The van der Waals surface area contributed by atoms with Gasteiger partial charge >= 0.3 is 0 Å². The van der Waals surface area contributed by atoms with Crippen molar-refractivity contribution >= 4 is 22.5 Å². The topological polar surface area (TPSA) is 61.3 Å². The average molecular weight is 333 g/mol. The first-order valence-corrected chi connectivity index (χ1v) is 8.62. The van der Waals surface area contributed by atoms with Crippen LogP contribution in [0, 0.1) is 0 Å². The maximum atomic E-state index is 4.57. The molecule has 0 bridgehead atoms. The zero-order chi connectivity index (χ0) is 16.2. The predicted octanol–water partition coefficient (Wildman–Crippen LogP) is 1.49. The third kappa shape index (κ3) is 3.94. The Morgan fingerprint density at radius 1 is 1.26 bits per heavy atom. The highest BCUT2D eigenvalue weighted by atomic mass is 32.1. The fourth-order valence-corrected chi connectivity index (χ4v) is 3.43. The minimum absolute atomic E-state index is 0.530. The first-order valence-electron chi connectivity index (χ1n) is 7.84. The van der Waals surface area contributed by atoms with E-state index in [4.69, 9.17) is 0 Å². The van der Waals surface area contributed by atoms with Crippen molar-refractivity contribution in [1.29, 1.82) is 0 Å². The summed E-state index contributed by atoms with van der Waals surface area (Å²) in [7, 11) is 6.12. The van der Waals surface area contributed by atoms with Crippen molar-refractivity contribution in [3.8, 4) is 0 Å². The van der Waals surface area contributed by atoms with E-state index in [-0.39, 0.29) is 0 Å². The van der Waals surface area contributed by atoms with Crippen LogP contribution in [0.4, 0.5) is 10.9 Å². The lowest BCUT2D eigenvalue weighted by molar-refractivity contribution is 0.199. The molecule has 3 rings (SSSR count). The van der Waals surface area contributed by atoms with Crippen LogP contribution in [-0.4, -0.2) is 64.5 Å². The summed E-state index contributed by atoms with van der Waals surface area (Å²) in [5.41, 5.74) is 0. The molecule has 2 aromatic rings. The van der Waals surface area contributed by atoms with Gasteiger partial charge in [-0.05, 0) is 18.9 Å². The van der Waals surface area contributed by atoms with Crippen molar-refractivity contribution in [3.63, 3.8) is 0 Å². The Morgan fingerprint density at radius 3 is 2.65 bits per heavy atom. The number of anilines is 2. The molecule has 0 aliphatic carbocycles. The van der Waals surface area contributed by atoms with Gasteiger partial charge in [-0.25, -0.2) is 15.0 Å². The Labute approximate surface area is 141 Å². The van der Waals surface area contributed by atoms with Gasteiger partial charge in [0.2, 0.25) is 5.13 Å². The van der Waals surface area contributed by atoms with Crippen LogP contribution in [-0.2, 0) is 6.54 Å². The molecule has 23 heavy (non-hydrogen) atoms. The molecule has 1 fully saturated rings. The monoisotopic (exact) mass is 333 g/mol. The summed E-state index contributed by atoms with van der Waals surface area (Å²) in [5.74, 6) is 1.93. The second-order valence-corrected chi connectivity index (χ2v) is 6.80. The van der Waals surface area contributed by atoms with Crippen molar-refractivity contribution in [2.24, 2.45) is 0 Å². The minimum Gasteiger partial charge on any atom is -0.356 e. The Bertz CT molecular complexity index is 607. The molecule has 7 nitrogen and oxygen atoms in total. The number of likely N-dealkylation sites (tertiary alicyclic amines) is 1. The third-order valence-corrected chi connectivity index (χ3v) is 5.16. The molecule has 0 N–H and O–H groups in total. The number of rotatable bonds is 5. The maximum Gasteiger partial charge on any atom is 0.204 e. The summed E-state index contributed by atoms with van der Waals surface area (Å²) < 4.78 is 4.45. The van der Waals surface area contributed by atoms with Gasteiger partial charge in [0.05, 0.1) is 6.54 Å². The summed E-state index contributed by atoms with van der Waals surface area (Å²) in [6, 6.07) is 2.50. The molecular weight excluding hydrogens is 310 g/mol. The second kappa shape index (κ2) is 7.18. The smallest absolute Gasteiger partial charge is 0.204 e. The number of piperidine rings is 1. The van der Waals surface area contributed by atoms with Crippen LogP contribution in [0.15, 0.2) is 18.6 Å². The van der Waals surface area contributed by atoms with E-state index in [1.165, 1.54) is 11.5 Å². The Balaban J connectivity index is 1.52. The lowest BCUT2D eigenvalue weighted by Gasteiger charge is -2.36. The zero-order valence-corrected chi connectivity index (χ0v) is 14.7. The maximum absolute atomic E-state index is 4.57. The molecule has 1 aliphatic rings. The highest BCUT2D eigenvalue weighted by Crippen LogP contribution is 2.21. The SMILES string of the molecule is CN(C)c1nc(CN2CCC(N(C)c3ccncn3)CC2)ns1. The van der Waals surface area contributed by atoms with E-state index >= 15 is 0 Å². The molecule has 0 unspecified atom stereocenters. The van der Waals surface area contributed by atoms with E-state index in [9.17, 15) is 0 Å². The summed E-state index contributed by atoms with van der Waals surface area (Å²) in [6.07, 6.45) is 5.66. The van der Waals surface area contributed by atoms with Gasteiger partial charge in [-0.3, -0.25) is 4.90 Å². The van der Waals surface area contributed by atoms with Crippen molar-refractivity contribution in [1.82, 2.24) is 24.2 Å². The van der Waals surface area contributed by atoms with Gasteiger partial charge in [0.1, 0.15) is 12.1 Å². The standard InChI is InChI=1S/C15H23N7S/c1-20(2)15-18-13(19-23-15)10-22-8-5-12(6-9-22)21(3)14-4-7-16-11-17-14/h4,7,11-12H,5-6,8-10H2,1-3H3. The summed E-state index contributed by atoms with van der Waals surface area (Å²) in [5, 5.41) is 0.971. The molecule has 0 aromatic carbocycles. The fraction of sp³-hybridized carbons (Fsp3) is 0.600. The Hall–Kier alpha value is -1.80. The number of aromatic nitrogens is 4. The van der Waals surface area contributed by atoms with Gasteiger partial charge < -0.3 is 9.80 Å². The van der Waals surface area contributed by atoms with Crippen molar-refractivity contribution < 1.29 is 0 Å². The molecule has 8 heteroatoms. The molecule has 124 valence electrons. The first kappa shape index (κ1) is 16.1. The van der Waals surface area contributed by atoms with Gasteiger partial charge in [-0.1, -0.05) is 0 Å². The van der Waals surface area contributed by atoms with E-state index in [0.29, 0.717) is 6.04 Å². The predicted molar refractivity (Wildman–Crippen MR) is 93.0 cm³/mol. The van der Waals surface area contributed by atoms with Crippen LogP contribution in [0.25, 0.3) is 0 Å². The number of hydrogen-bond acceptors (Lipinski definition) is 8. The summed E-state index contributed by atoms with van der Waals surface area (Å²) in [6.45, 7) is 2.97. The van der Waals surface area contributed by atoms with Crippen molar-refractivity contribution in [2.45, 2.75) is 25.4 Å². The lowest BCUT2D eigenvalue weighted by Crippen LogP contribution is -2.43. The van der Waals surface area contributed by atoms with Crippen LogP contribution in [0.1, 0.15) is 18.7 Å². The van der Waals surface area contributed by atoms with Crippen LogP contribution >= 0.6 is 11.5 Å². The van der Waals surface area contributed by atoms with Crippen molar-refractivity contribution in [2.75, 3.05) is 44.0 Å². The molecule has 0 spiro atoms. The van der Waals surface area contributed by atoms with Crippen molar-refractivity contribution in [3.05, 3.63) is 24.4 Å². The minimum atomic E-state index is 0.530. The second-order valence-electron chi connectivity index (χ2n) is 6.07. The number of hydrogen-bond donors (Lipinski definition) is 0. The average Bonchev–Trinajstić information content (AvgIpc) is 3.04. The van der Waals surface area contributed by atoms with E-state index in [1.807, 2.05) is 25.1 Å². The van der Waals surface area contributed by atoms with Gasteiger partial charge in [0.15, 0.2) is 5.82 Å². The quantitative estimate of drug-likeness (QED) is 0.821. The number of nitrogens with zero attached hydrogens (tertiary/aromatic N) is 7. The molecule has 0 amide bonds.